The minimum atomic E-state index is -1.49. The molecule has 0 heterocycles. The second-order valence-corrected chi connectivity index (χ2v) is 6.08. The molecule has 2 aromatic rings. The number of para-hydroxylation sites is 1. The molecule has 1 amide bonds. The van der Waals surface area contributed by atoms with Crippen molar-refractivity contribution in [2.24, 2.45) is 5.10 Å². The van der Waals surface area contributed by atoms with Gasteiger partial charge in [-0.05, 0) is 32.0 Å². The first-order chi connectivity index (χ1) is 11.4. The van der Waals surface area contributed by atoms with E-state index in [4.69, 9.17) is 16.3 Å². The van der Waals surface area contributed by atoms with Gasteiger partial charge in [0.1, 0.15) is 18.0 Å². The normalized spacial score (nSPS) is 11.5. The Hall–Kier alpha value is -2.37. The van der Waals surface area contributed by atoms with Crippen LogP contribution in [0.3, 0.4) is 0 Å². The molecule has 2 rings (SSSR count). The zero-order valence-corrected chi connectivity index (χ0v) is 14.2. The third-order valence-corrected chi connectivity index (χ3v) is 3.55. The maximum absolute atomic E-state index is 11.6. The fourth-order valence-electron chi connectivity index (χ4n) is 1.79. The Morgan fingerprint density at radius 2 is 1.92 bits per heavy atom. The topological polar surface area (TPSA) is 70.9 Å². The highest BCUT2D eigenvalue weighted by Gasteiger charge is 2.22. The third-order valence-electron chi connectivity index (χ3n) is 3.19. The minimum Gasteiger partial charge on any atom is -0.488 e. The van der Waals surface area contributed by atoms with Gasteiger partial charge in [-0.15, -0.1) is 0 Å². The van der Waals surface area contributed by atoms with Gasteiger partial charge in [-0.2, -0.15) is 5.10 Å². The Bertz CT molecular complexity index is 739. The number of hydrogen-bond acceptors (Lipinski definition) is 4. The van der Waals surface area contributed by atoms with Crippen molar-refractivity contribution in [2.75, 3.05) is 0 Å². The molecule has 0 saturated heterocycles. The first-order valence-corrected chi connectivity index (χ1v) is 7.77. The molecule has 0 aromatic heterocycles. The lowest BCUT2D eigenvalue weighted by atomic mass is 10.1. The van der Waals surface area contributed by atoms with E-state index < -0.39 is 11.5 Å². The number of nitrogens with one attached hydrogen (secondary N) is 1. The van der Waals surface area contributed by atoms with Crippen LogP contribution in [0.5, 0.6) is 5.75 Å². The molecule has 2 N–H and O–H groups in total. The second-order valence-electron chi connectivity index (χ2n) is 5.68. The van der Waals surface area contributed by atoms with Crippen molar-refractivity contribution in [3.05, 3.63) is 64.7 Å². The Kier molecular flexibility index (Phi) is 5.95. The summed E-state index contributed by atoms with van der Waals surface area (Å²) in [6.07, 6.45) is 1.46. The van der Waals surface area contributed by atoms with Crippen LogP contribution >= 0.6 is 11.6 Å². The molecule has 0 aliphatic carbocycles. The van der Waals surface area contributed by atoms with Crippen molar-refractivity contribution in [1.29, 1.82) is 0 Å². The number of hydrazone groups is 1. The van der Waals surface area contributed by atoms with Gasteiger partial charge in [-0.1, -0.05) is 41.9 Å². The molecular weight excluding hydrogens is 328 g/mol. The summed E-state index contributed by atoms with van der Waals surface area (Å²) in [5.74, 6) is 0.0203. The Labute approximate surface area is 145 Å². The zero-order chi connectivity index (χ0) is 17.6. The first kappa shape index (κ1) is 18.0. The smallest absolute Gasteiger partial charge is 0.271 e. The van der Waals surface area contributed by atoms with Crippen LogP contribution in [-0.2, 0) is 11.4 Å². The Morgan fingerprint density at radius 1 is 1.25 bits per heavy atom. The molecule has 0 atom stereocenters. The van der Waals surface area contributed by atoms with Gasteiger partial charge in [0.25, 0.3) is 5.91 Å². The number of hydrogen-bond donors (Lipinski definition) is 2. The van der Waals surface area contributed by atoms with Gasteiger partial charge in [0.05, 0.1) is 6.21 Å². The number of rotatable bonds is 6. The van der Waals surface area contributed by atoms with Crippen LogP contribution in [0, 0.1) is 0 Å². The van der Waals surface area contributed by atoms with E-state index in [2.05, 4.69) is 10.5 Å². The van der Waals surface area contributed by atoms with Gasteiger partial charge >= 0.3 is 0 Å². The third kappa shape index (κ3) is 5.08. The van der Waals surface area contributed by atoms with Crippen molar-refractivity contribution < 1.29 is 14.6 Å². The molecule has 5 nitrogen and oxygen atoms in total. The summed E-state index contributed by atoms with van der Waals surface area (Å²) in [5, 5.41) is 14.0. The highest BCUT2D eigenvalue weighted by molar-refractivity contribution is 6.31. The molecule has 2 aromatic carbocycles. The highest BCUT2D eigenvalue weighted by atomic mass is 35.5. The van der Waals surface area contributed by atoms with Gasteiger partial charge in [0.2, 0.25) is 0 Å². The van der Waals surface area contributed by atoms with Gasteiger partial charge in [0.15, 0.2) is 0 Å². The lowest BCUT2D eigenvalue weighted by molar-refractivity contribution is -0.136. The molecule has 6 heteroatoms. The maximum atomic E-state index is 11.6. The Balaban J connectivity index is 2.05. The van der Waals surface area contributed by atoms with E-state index in [0.29, 0.717) is 22.9 Å². The summed E-state index contributed by atoms with van der Waals surface area (Å²) in [7, 11) is 0. The summed E-state index contributed by atoms with van der Waals surface area (Å²) in [5.41, 5.74) is 2.37. The second kappa shape index (κ2) is 7.95. The van der Waals surface area contributed by atoms with Crippen molar-refractivity contribution in [2.45, 2.75) is 26.1 Å². The van der Waals surface area contributed by atoms with Crippen LogP contribution in [-0.4, -0.2) is 22.8 Å². The quantitative estimate of drug-likeness (QED) is 0.623. The molecule has 24 heavy (non-hydrogen) atoms. The molecule has 0 spiro atoms. The fraction of sp³-hybridized carbons (Fsp3) is 0.222. The van der Waals surface area contributed by atoms with E-state index in [0.717, 1.165) is 5.56 Å². The number of aliphatic hydroxyl groups is 1. The molecular formula is C18H19ClN2O3. The van der Waals surface area contributed by atoms with Crippen molar-refractivity contribution in [3.63, 3.8) is 0 Å². The van der Waals surface area contributed by atoms with Crippen molar-refractivity contribution >= 4 is 23.7 Å². The average Bonchev–Trinajstić information content (AvgIpc) is 2.54. The van der Waals surface area contributed by atoms with Crippen LogP contribution in [0.25, 0.3) is 0 Å². The molecule has 0 bridgehead atoms. The highest BCUT2D eigenvalue weighted by Crippen LogP contribution is 2.20. The van der Waals surface area contributed by atoms with Gasteiger partial charge in [0, 0.05) is 16.1 Å². The summed E-state index contributed by atoms with van der Waals surface area (Å²) >= 11 is 6.11. The zero-order valence-electron chi connectivity index (χ0n) is 13.5. The van der Waals surface area contributed by atoms with Crippen molar-refractivity contribution in [3.8, 4) is 5.75 Å². The number of amides is 1. The van der Waals surface area contributed by atoms with E-state index in [1.165, 1.54) is 20.1 Å². The molecule has 0 fully saturated rings. The average molecular weight is 347 g/mol. The van der Waals surface area contributed by atoms with Crippen LogP contribution in [0.15, 0.2) is 53.6 Å². The SMILES string of the molecule is CC(C)(O)C(=O)N/N=C/c1ccccc1OCc1ccccc1Cl. The van der Waals surface area contributed by atoms with E-state index in [-0.39, 0.29) is 0 Å². The summed E-state index contributed by atoms with van der Waals surface area (Å²) in [6, 6.07) is 14.7. The molecule has 0 radical (unpaired) electrons. The van der Waals surface area contributed by atoms with Crippen LogP contribution in [0.4, 0.5) is 0 Å². The fourth-order valence-corrected chi connectivity index (χ4v) is 1.98. The maximum Gasteiger partial charge on any atom is 0.271 e. The van der Waals surface area contributed by atoms with E-state index in [1.807, 2.05) is 36.4 Å². The summed E-state index contributed by atoms with van der Waals surface area (Å²) in [4.78, 5) is 11.6. The van der Waals surface area contributed by atoms with Gasteiger partial charge in [-0.25, -0.2) is 5.43 Å². The van der Waals surface area contributed by atoms with E-state index in [1.54, 1.807) is 12.1 Å². The monoisotopic (exact) mass is 346 g/mol. The van der Waals surface area contributed by atoms with Crippen molar-refractivity contribution in [1.82, 2.24) is 5.43 Å². The summed E-state index contributed by atoms with van der Waals surface area (Å²) < 4.78 is 5.79. The van der Waals surface area contributed by atoms with Gasteiger partial charge in [-0.3, -0.25) is 4.79 Å². The molecule has 0 unspecified atom stereocenters. The molecule has 126 valence electrons. The predicted molar refractivity (Wildman–Crippen MR) is 94.3 cm³/mol. The minimum absolute atomic E-state index is 0.320. The summed E-state index contributed by atoms with van der Waals surface area (Å²) in [6.45, 7) is 3.09. The van der Waals surface area contributed by atoms with Crippen LogP contribution < -0.4 is 10.2 Å². The molecule has 0 aliphatic heterocycles. The van der Waals surface area contributed by atoms with E-state index in [9.17, 15) is 9.90 Å². The predicted octanol–water partition coefficient (Wildman–Crippen LogP) is 3.14. The number of benzene rings is 2. The number of carbonyl (C=O) groups excluding carboxylic acids is 1. The number of halogens is 1. The standard InChI is InChI=1S/C18H19ClN2O3/c1-18(2,23)17(22)21-20-11-13-7-4-6-10-16(13)24-12-14-8-3-5-9-15(14)19/h3-11,23H,12H2,1-2H3,(H,21,22)/b20-11+. The first-order valence-electron chi connectivity index (χ1n) is 7.39. The number of ether oxygens (including phenoxy) is 1. The number of carbonyl (C=O) groups is 1. The lowest BCUT2D eigenvalue weighted by Crippen LogP contribution is -2.39. The van der Waals surface area contributed by atoms with Crippen LogP contribution in [0.1, 0.15) is 25.0 Å². The molecule has 0 aliphatic rings. The van der Waals surface area contributed by atoms with Gasteiger partial charge < -0.3 is 9.84 Å². The molecule has 0 saturated carbocycles. The van der Waals surface area contributed by atoms with Crippen LogP contribution in [0.2, 0.25) is 5.02 Å². The van der Waals surface area contributed by atoms with E-state index >= 15 is 0 Å². The lowest BCUT2D eigenvalue weighted by Gasteiger charge is -2.13. The largest absolute Gasteiger partial charge is 0.488 e. The Morgan fingerprint density at radius 3 is 2.62 bits per heavy atom. The number of nitrogens with zero attached hydrogens (tertiary/aromatic N) is 1.